The van der Waals surface area contributed by atoms with Crippen molar-refractivity contribution in [1.82, 2.24) is 0 Å². The first-order valence-corrected chi connectivity index (χ1v) is 10.5. The SMILES string of the molecule is COc1ccc([Si](C)(C)C)c(OS(=O)(=O)C(F)(F)F)c1. The van der Waals surface area contributed by atoms with Crippen molar-refractivity contribution in [3.05, 3.63) is 18.2 Å². The van der Waals surface area contributed by atoms with Gasteiger partial charge in [-0.2, -0.15) is 21.6 Å². The van der Waals surface area contributed by atoms with E-state index < -0.39 is 23.7 Å². The lowest BCUT2D eigenvalue weighted by Gasteiger charge is -2.21. The maximum atomic E-state index is 12.4. The molecule has 0 unspecified atom stereocenters. The second-order valence-electron chi connectivity index (χ2n) is 5.10. The van der Waals surface area contributed by atoms with Crippen molar-refractivity contribution < 1.29 is 30.5 Å². The highest BCUT2D eigenvalue weighted by Crippen LogP contribution is 2.29. The Balaban J connectivity index is 3.36. The zero-order valence-corrected chi connectivity index (χ0v) is 13.2. The molecule has 0 aliphatic heterocycles. The van der Waals surface area contributed by atoms with E-state index in [0.717, 1.165) is 6.07 Å². The molecule has 0 spiro atoms. The molecule has 1 aromatic carbocycles. The van der Waals surface area contributed by atoms with Crippen LogP contribution in [0.5, 0.6) is 11.5 Å². The van der Waals surface area contributed by atoms with Gasteiger partial charge >= 0.3 is 15.6 Å². The first-order valence-electron chi connectivity index (χ1n) is 5.58. The molecule has 0 bridgehead atoms. The number of benzene rings is 1. The molecular weight excluding hydrogens is 313 g/mol. The van der Waals surface area contributed by atoms with Crippen LogP contribution in [0.15, 0.2) is 18.2 Å². The summed E-state index contributed by atoms with van der Waals surface area (Å²) < 4.78 is 68.6. The van der Waals surface area contributed by atoms with Crippen molar-refractivity contribution in [2.24, 2.45) is 0 Å². The Morgan fingerprint density at radius 3 is 2.10 bits per heavy atom. The molecule has 0 saturated heterocycles. The van der Waals surface area contributed by atoms with Crippen LogP contribution in [0.4, 0.5) is 13.2 Å². The third-order valence-corrected chi connectivity index (χ3v) is 5.47. The maximum absolute atomic E-state index is 12.4. The molecule has 0 aliphatic rings. The van der Waals surface area contributed by atoms with Crippen molar-refractivity contribution in [3.8, 4) is 11.5 Å². The van der Waals surface area contributed by atoms with Crippen LogP contribution in [-0.2, 0) is 10.1 Å². The minimum Gasteiger partial charge on any atom is -0.497 e. The molecule has 0 amide bonds. The standard InChI is InChI=1S/C11H15F3O4SSi/c1-17-8-5-6-10(20(2,3)4)9(7-8)18-19(15,16)11(12,13)14/h5-7H,1-4H3. The Hall–Kier alpha value is -1.22. The topological polar surface area (TPSA) is 52.6 Å². The zero-order valence-electron chi connectivity index (χ0n) is 11.4. The molecule has 1 aromatic rings. The van der Waals surface area contributed by atoms with E-state index in [4.69, 9.17) is 4.74 Å². The van der Waals surface area contributed by atoms with E-state index in [-0.39, 0.29) is 11.5 Å². The Morgan fingerprint density at radius 1 is 1.15 bits per heavy atom. The number of methoxy groups -OCH3 is 1. The molecule has 9 heteroatoms. The summed E-state index contributed by atoms with van der Waals surface area (Å²) in [5.41, 5.74) is -5.47. The first kappa shape index (κ1) is 16.8. The summed E-state index contributed by atoms with van der Waals surface area (Å²) in [6, 6.07) is 4.24. The van der Waals surface area contributed by atoms with Gasteiger partial charge in [-0.3, -0.25) is 0 Å². The molecule has 0 N–H and O–H groups in total. The molecule has 0 atom stereocenters. The molecule has 0 fully saturated rings. The molecular formula is C11H15F3O4SSi. The smallest absolute Gasteiger partial charge is 0.497 e. The van der Waals surface area contributed by atoms with E-state index in [2.05, 4.69) is 4.18 Å². The Morgan fingerprint density at radius 2 is 1.70 bits per heavy atom. The first-order chi connectivity index (χ1) is 8.88. The summed E-state index contributed by atoms with van der Waals surface area (Å²) in [5.74, 6) is -0.111. The molecule has 0 radical (unpaired) electrons. The van der Waals surface area contributed by atoms with Gasteiger partial charge in [0.15, 0.2) is 0 Å². The van der Waals surface area contributed by atoms with Crippen LogP contribution < -0.4 is 14.1 Å². The number of halogens is 3. The zero-order chi connectivity index (χ0) is 15.8. The van der Waals surface area contributed by atoms with Crippen LogP contribution in [0, 0.1) is 0 Å². The third kappa shape index (κ3) is 3.66. The average molecular weight is 328 g/mol. The van der Waals surface area contributed by atoms with Gasteiger partial charge in [-0.05, 0) is 11.3 Å². The van der Waals surface area contributed by atoms with Gasteiger partial charge in [0.25, 0.3) is 0 Å². The average Bonchev–Trinajstić information content (AvgIpc) is 2.25. The number of hydrogen-bond acceptors (Lipinski definition) is 4. The van der Waals surface area contributed by atoms with Gasteiger partial charge in [-0.1, -0.05) is 25.7 Å². The van der Waals surface area contributed by atoms with E-state index in [1.54, 1.807) is 6.07 Å². The van der Waals surface area contributed by atoms with E-state index in [1.807, 2.05) is 19.6 Å². The second-order valence-corrected chi connectivity index (χ2v) is 11.7. The fourth-order valence-corrected chi connectivity index (χ4v) is 3.47. The van der Waals surface area contributed by atoms with Gasteiger partial charge in [0.05, 0.1) is 15.2 Å². The van der Waals surface area contributed by atoms with E-state index >= 15 is 0 Å². The van der Waals surface area contributed by atoms with Gasteiger partial charge in [0.1, 0.15) is 11.5 Å². The van der Waals surface area contributed by atoms with Crippen LogP contribution in [-0.4, -0.2) is 29.1 Å². The number of alkyl halides is 3. The summed E-state index contributed by atoms with van der Waals surface area (Å²) in [5, 5.41) is 0.464. The molecule has 0 heterocycles. The lowest BCUT2D eigenvalue weighted by molar-refractivity contribution is -0.0499. The summed E-state index contributed by atoms with van der Waals surface area (Å²) >= 11 is 0. The highest BCUT2D eigenvalue weighted by molar-refractivity contribution is 7.88. The van der Waals surface area contributed by atoms with Gasteiger partial charge < -0.3 is 8.92 Å². The highest BCUT2D eigenvalue weighted by Gasteiger charge is 2.49. The predicted octanol–water partition coefficient (Wildman–Crippen LogP) is 2.47. The van der Waals surface area contributed by atoms with Gasteiger partial charge in [-0.25, -0.2) is 0 Å². The highest BCUT2D eigenvalue weighted by atomic mass is 32.2. The van der Waals surface area contributed by atoms with Crippen molar-refractivity contribution in [2.75, 3.05) is 7.11 Å². The third-order valence-electron chi connectivity index (χ3n) is 2.48. The number of rotatable bonds is 4. The Bertz CT molecular complexity index is 591. The summed E-state index contributed by atoms with van der Waals surface area (Å²) in [4.78, 5) is 0. The molecule has 4 nitrogen and oxygen atoms in total. The van der Waals surface area contributed by atoms with Crippen LogP contribution in [0.1, 0.15) is 0 Å². The molecule has 20 heavy (non-hydrogen) atoms. The van der Waals surface area contributed by atoms with E-state index in [9.17, 15) is 21.6 Å². The van der Waals surface area contributed by atoms with Crippen LogP contribution in [0.2, 0.25) is 19.6 Å². The predicted molar refractivity (Wildman–Crippen MR) is 71.6 cm³/mol. The van der Waals surface area contributed by atoms with Crippen molar-refractivity contribution in [3.63, 3.8) is 0 Å². The fourth-order valence-electron chi connectivity index (χ4n) is 1.48. The summed E-state index contributed by atoms with van der Waals surface area (Å²) in [7, 11) is -6.45. The number of ether oxygens (including phenoxy) is 1. The largest absolute Gasteiger partial charge is 0.534 e. The normalized spacial score (nSPS) is 13.2. The molecule has 0 aliphatic carbocycles. The van der Waals surface area contributed by atoms with Gasteiger partial charge in [0, 0.05) is 6.07 Å². The molecule has 0 saturated carbocycles. The summed E-state index contributed by atoms with van der Waals surface area (Å²) in [6.45, 7) is 5.59. The Kier molecular flexibility index (Phi) is 4.45. The van der Waals surface area contributed by atoms with Crippen LogP contribution >= 0.6 is 0 Å². The lowest BCUT2D eigenvalue weighted by Crippen LogP contribution is -2.40. The van der Waals surface area contributed by atoms with Crippen molar-refractivity contribution in [1.29, 1.82) is 0 Å². The van der Waals surface area contributed by atoms with Crippen molar-refractivity contribution in [2.45, 2.75) is 25.1 Å². The monoisotopic (exact) mass is 328 g/mol. The van der Waals surface area contributed by atoms with Crippen LogP contribution in [0.25, 0.3) is 0 Å². The van der Waals surface area contributed by atoms with Gasteiger partial charge in [-0.15, -0.1) is 0 Å². The van der Waals surface area contributed by atoms with E-state index in [0.29, 0.717) is 5.19 Å². The summed E-state index contributed by atoms with van der Waals surface area (Å²) in [6.07, 6.45) is 0. The molecule has 1 rings (SSSR count). The van der Waals surface area contributed by atoms with E-state index in [1.165, 1.54) is 13.2 Å². The van der Waals surface area contributed by atoms with Gasteiger partial charge in [0.2, 0.25) is 0 Å². The lowest BCUT2D eigenvalue weighted by atomic mass is 10.3. The maximum Gasteiger partial charge on any atom is 0.534 e. The molecule has 0 aromatic heterocycles. The van der Waals surface area contributed by atoms with Crippen LogP contribution in [0.3, 0.4) is 0 Å². The quantitative estimate of drug-likeness (QED) is 0.484. The minimum absolute atomic E-state index is 0.222. The Labute approximate surface area is 116 Å². The fraction of sp³-hybridized carbons (Fsp3) is 0.455. The van der Waals surface area contributed by atoms with Crippen molar-refractivity contribution >= 4 is 23.4 Å². The minimum atomic E-state index is -5.69. The number of hydrogen-bond donors (Lipinski definition) is 0. The molecule has 114 valence electrons. The second kappa shape index (κ2) is 5.28.